The van der Waals surface area contributed by atoms with Crippen LogP contribution in [0.5, 0.6) is 0 Å². The minimum absolute atomic E-state index is 0.0413. The van der Waals surface area contributed by atoms with Gasteiger partial charge < -0.3 is 10.8 Å². The monoisotopic (exact) mass is 213 g/mol. The van der Waals surface area contributed by atoms with Crippen LogP contribution in [0.3, 0.4) is 0 Å². The highest BCUT2D eigenvalue weighted by atomic mass is 32.2. The Balaban J connectivity index is 2.67. The van der Waals surface area contributed by atoms with Crippen molar-refractivity contribution in [2.45, 2.75) is 30.3 Å². The number of nitrogens with two attached hydrogens (primary N) is 1. The van der Waals surface area contributed by atoms with Gasteiger partial charge >= 0.3 is 0 Å². The molecule has 1 aromatic rings. The van der Waals surface area contributed by atoms with Crippen LogP contribution in [0.1, 0.15) is 12.6 Å². The molecule has 0 aliphatic rings. The second kappa shape index (κ2) is 5.29. The first-order chi connectivity index (χ1) is 6.63. The van der Waals surface area contributed by atoms with Crippen LogP contribution >= 0.6 is 11.8 Å². The molecule has 3 N–H and O–H groups in total. The Morgan fingerprint density at radius 3 is 2.86 bits per heavy atom. The second-order valence-electron chi connectivity index (χ2n) is 3.18. The molecule has 2 atom stereocenters. The van der Waals surface area contributed by atoms with E-state index in [0.29, 0.717) is 5.16 Å². The van der Waals surface area contributed by atoms with Crippen molar-refractivity contribution in [1.29, 1.82) is 0 Å². The molecule has 0 fully saturated rings. The molecule has 1 heterocycles. The summed E-state index contributed by atoms with van der Waals surface area (Å²) in [5.41, 5.74) is 6.62. The maximum Gasteiger partial charge on any atom is 0.188 e. The minimum Gasteiger partial charge on any atom is -0.395 e. The average Bonchev–Trinajstić information content (AvgIpc) is 2.14. The molecule has 14 heavy (non-hydrogen) atoms. The lowest BCUT2D eigenvalue weighted by Gasteiger charge is -2.16. The summed E-state index contributed by atoms with van der Waals surface area (Å²) in [6.07, 6.45) is 1.71. The topological polar surface area (TPSA) is 72.0 Å². The Labute approximate surface area is 88.0 Å². The van der Waals surface area contributed by atoms with Crippen molar-refractivity contribution < 1.29 is 5.11 Å². The summed E-state index contributed by atoms with van der Waals surface area (Å²) in [7, 11) is 0. The normalized spacial score (nSPS) is 15.1. The molecule has 0 aromatic carbocycles. The fraction of sp³-hybridized carbons (Fsp3) is 0.556. The van der Waals surface area contributed by atoms with Crippen LogP contribution in [0.2, 0.25) is 0 Å². The number of hydrogen-bond acceptors (Lipinski definition) is 5. The summed E-state index contributed by atoms with van der Waals surface area (Å²) in [6.45, 7) is 3.81. The van der Waals surface area contributed by atoms with Gasteiger partial charge in [0.15, 0.2) is 5.16 Å². The quantitative estimate of drug-likeness (QED) is 0.565. The van der Waals surface area contributed by atoms with E-state index in [9.17, 15) is 0 Å². The van der Waals surface area contributed by atoms with E-state index in [1.165, 1.54) is 11.8 Å². The van der Waals surface area contributed by atoms with E-state index in [0.717, 1.165) is 5.69 Å². The number of rotatable bonds is 4. The van der Waals surface area contributed by atoms with Crippen LogP contribution in [-0.2, 0) is 0 Å². The van der Waals surface area contributed by atoms with E-state index >= 15 is 0 Å². The minimum atomic E-state index is -0.0749. The smallest absolute Gasteiger partial charge is 0.188 e. The first-order valence-electron chi connectivity index (χ1n) is 4.46. The number of aliphatic hydroxyl groups is 1. The van der Waals surface area contributed by atoms with Gasteiger partial charge in [-0.25, -0.2) is 9.97 Å². The fourth-order valence-corrected chi connectivity index (χ4v) is 1.81. The van der Waals surface area contributed by atoms with Crippen LogP contribution < -0.4 is 5.73 Å². The van der Waals surface area contributed by atoms with Gasteiger partial charge in [0, 0.05) is 17.9 Å². The van der Waals surface area contributed by atoms with Crippen molar-refractivity contribution in [3.63, 3.8) is 0 Å². The summed E-state index contributed by atoms with van der Waals surface area (Å²) in [5, 5.41) is 9.69. The molecule has 0 aliphatic heterocycles. The van der Waals surface area contributed by atoms with Gasteiger partial charge in [-0.2, -0.15) is 0 Å². The zero-order valence-electron chi connectivity index (χ0n) is 8.34. The fourth-order valence-electron chi connectivity index (χ4n) is 0.929. The molecule has 0 aliphatic carbocycles. The van der Waals surface area contributed by atoms with Crippen molar-refractivity contribution in [3.8, 4) is 0 Å². The second-order valence-corrected chi connectivity index (χ2v) is 4.38. The number of hydrogen-bond donors (Lipinski definition) is 2. The molecule has 5 heteroatoms. The highest BCUT2D eigenvalue weighted by molar-refractivity contribution is 7.99. The van der Waals surface area contributed by atoms with Crippen molar-refractivity contribution in [3.05, 3.63) is 18.0 Å². The van der Waals surface area contributed by atoms with E-state index in [-0.39, 0.29) is 17.9 Å². The van der Waals surface area contributed by atoms with E-state index in [4.69, 9.17) is 10.8 Å². The van der Waals surface area contributed by atoms with Crippen LogP contribution in [0.4, 0.5) is 0 Å². The lowest BCUT2D eigenvalue weighted by atomic mass is 10.3. The van der Waals surface area contributed by atoms with Gasteiger partial charge in [0.2, 0.25) is 0 Å². The summed E-state index contributed by atoms with van der Waals surface area (Å²) in [4.78, 5) is 8.32. The lowest BCUT2D eigenvalue weighted by Crippen LogP contribution is -2.32. The van der Waals surface area contributed by atoms with Crippen molar-refractivity contribution >= 4 is 11.8 Å². The van der Waals surface area contributed by atoms with Gasteiger partial charge in [-0.15, -0.1) is 0 Å². The maximum atomic E-state index is 9.07. The standard InChI is InChI=1S/C9H15N3OS/c1-6-3-4-11-9(12-6)14-8(5-13)7(2)10/h3-4,7-8,13H,5,10H2,1-2H3. The lowest BCUT2D eigenvalue weighted by molar-refractivity contribution is 0.285. The van der Waals surface area contributed by atoms with Gasteiger partial charge in [0.1, 0.15) is 0 Å². The van der Waals surface area contributed by atoms with Gasteiger partial charge in [0.05, 0.1) is 11.9 Å². The Morgan fingerprint density at radius 2 is 2.36 bits per heavy atom. The summed E-state index contributed by atoms with van der Waals surface area (Å²) >= 11 is 1.41. The SMILES string of the molecule is Cc1ccnc(SC(CO)C(C)N)n1. The molecule has 2 unspecified atom stereocenters. The van der Waals surface area contributed by atoms with Gasteiger partial charge in [-0.3, -0.25) is 0 Å². The third kappa shape index (κ3) is 3.25. The molecule has 0 spiro atoms. The number of thioether (sulfide) groups is 1. The Morgan fingerprint density at radius 1 is 1.64 bits per heavy atom. The third-order valence-corrected chi connectivity index (χ3v) is 3.08. The van der Waals surface area contributed by atoms with E-state index in [1.54, 1.807) is 6.20 Å². The highest BCUT2D eigenvalue weighted by Crippen LogP contribution is 2.20. The first kappa shape index (κ1) is 11.4. The zero-order valence-corrected chi connectivity index (χ0v) is 9.16. The largest absolute Gasteiger partial charge is 0.395 e. The number of aromatic nitrogens is 2. The van der Waals surface area contributed by atoms with Crippen LogP contribution in [0, 0.1) is 6.92 Å². The van der Waals surface area contributed by atoms with Crippen molar-refractivity contribution in [2.24, 2.45) is 5.73 Å². The van der Waals surface area contributed by atoms with E-state index in [1.807, 2.05) is 19.9 Å². The predicted octanol–water partition coefficient (Wildman–Crippen LogP) is 0.585. The van der Waals surface area contributed by atoms with E-state index < -0.39 is 0 Å². The molecule has 0 radical (unpaired) electrons. The van der Waals surface area contributed by atoms with Gasteiger partial charge in [-0.05, 0) is 19.9 Å². The van der Waals surface area contributed by atoms with E-state index in [2.05, 4.69) is 9.97 Å². The molecule has 0 amide bonds. The third-order valence-electron chi connectivity index (χ3n) is 1.80. The highest BCUT2D eigenvalue weighted by Gasteiger charge is 2.15. The Bertz CT molecular complexity index is 293. The summed E-state index contributed by atoms with van der Waals surface area (Å²) < 4.78 is 0. The molecular weight excluding hydrogens is 198 g/mol. The zero-order chi connectivity index (χ0) is 10.6. The molecule has 0 saturated heterocycles. The molecule has 4 nitrogen and oxygen atoms in total. The van der Waals surface area contributed by atoms with Crippen LogP contribution in [0.25, 0.3) is 0 Å². The van der Waals surface area contributed by atoms with Gasteiger partial charge in [-0.1, -0.05) is 11.8 Å². The molecule has 78 valence electrons. The predicted molar refractivity (Wildman–Crippen MR) is 57.1 cm³/mol. The molecule has 0 bridgehead atoms. The number of nitrogens with zero attached hydrogens (tertiary/aromatic N) is 2. The first-order valence-corrected chi connectivity index (χ1v) is 5.34. The van der Waals surface area contributed by atoms with Gasteiger partial charge in [0.25, 0.3) is 0 Å². The van der Waals surface area contributed by atoms with Crippen molar-refractivity contribution in [1.82, 2.24) is 9.97 Å². The van der Waals surface area contributed by atoms with Crippen LogP contribution in [-0.4, -0.2) is 33.0 Å². The van der Waals surface area contributed by atoms with Crippen molar-refractivity contribution in [2.75, 3.05) is 6.61 Å². The summed E-state index contributed by atoms with van der Waals surface area (Å²) in [5.74, 6) is 0. The Kier molecular flexibility index (Phi) is 4.31. The average molecular weight is 213 g/mol. The number of aryl methyl sites for hydroxylation is 1. The number of aliphatic hydroxyl groups excluding tert-OH is 1. The molecular formula is C9H15N3OS. The molecule has 1 aromatic heterocycles. The Hall–Kier alpha value is -0.650. The molecule has 0 saturated carbocycles. The van der Waals surface area contributed by atoms with Crippen LogP contribution in [0.15, 0.2) is 17.4 Å². The molecule has 1 rings (SSSR count). The summed E-state index contributed by atoms with van der Waals surface area (Å²) in [6, 6.07) is 1.76. The maximum absolute atomic E-state index is 9.07.